The average Bonchev–Trinajstić information content (AvgIpc) is 3.07. The standard InChI is InChI=1S/C17H22ClN3OS.HI/c1-3-19-17(21-12(2)16-5-4-10-23-16)20-11-15(22)13-6-8-14(18)9-7-13;/h4-10,12,15,22H,3,11H2,1-2H3,(H2,19,20,21);1H. The van der Waals surface area contributed by atoms with Gasteiger partial charge < -0.3 is 15.7 Å². The van der Waals surface area contributed by atoms with E-state index in [1.165, 1.54) is 4.88 Å². The maximum absolute atomic E-state index is 10.2. The fourth-order valence-electron chi connectivity index (χ4n) is 2.10. The number of aliphatic imine (C=N–C) groups is 1. The lowest BCUT2D eigenvalue weighted by Gasteiger charge is -2.17. The Labute approximate surface area is 169 Å². The zero-order valence-corrected chi connectivity index (χ0v) is 17.6. The van der Waals surface area contributed by atoms with Crippen molar-refractivity contribution in [3.05, 3.63) is 57.2 Å². The third-order valence-corrected chi connectivity index (χ3v) is 4.65. The number of hydrogen-bond acceptors (Lipinski definition) is 3. The molecule has 1 aromatic heterocycles. The minimum atomic E-state index is -0.653. The number of aliphatic hydroxyl groups excluding tert-OH is 1. The molecule has 0 aliphatic carbocycles. The van der Waals surface area contributed by atoms with Gasteiger partial charge in [0, 0.05) is 16.4 Å². The largest absolute Gasteiger partial charge is 0.386 e. The molecule has 0 saturated heterocycles. The normalized spacial score (nSPS) is 13.8. The van der Waals surface area contributed by atoms with Crippen LogP contribution in [0, 0.1) is 0 Å². The topological polar surface area (TPSA) is 56.7 Å². The second-order valence-corrected chi connectivity index (χ2v) is 6.58. The summed E-state index contributed by atoms with van der Waals surface area (Å²) in [4.78, 5) is 5.72. The lowest BCUT2D eigenvalue weighted by atomic mass is 10.1. The van der Waals surface area contributed by atoms with Crippen molar-refractivity contribution in [1.82, 2.24) is 10.6 Å². The molecular weight excluding hydrogens is 457 g/mol. The highest BCUT2D eigenvalue weighted by Crippen LogP contribution is 2.18. The van der Waals surface area contributed by atoms with E-state index in [-0.39, 0.29) is 36.6 Å². The SMILES string of the molecule is CCNC(=NCC(O)c1ccc(Cl)cc1)NC(C)c1cccs1.I. The average molecular weight is 480 g/mol. The molecule has 0 spiro atoms. The van der Waals surface area contributed by atoms with E-state index < -0.39 is 6.10 Å². The van der Waals surface area contributed by atoms with Gasteiger partial charge in [-0.05, 0) is 43.0 Å². The predicted octanol–water partition coefficient (Wildman–Crippen LogP) is 4.37. The van der Waals surface area contributed by atoms with Crippen LogP contribution in [-0.4, -0.2) is 24.2 Å². The van der Waals surface area contributed by atoms with Crippen LogP contribution < -0.4 is 10.6 Å². The first-order valence-corrected chi connectivity index (χ1v) is 8.87. The lowest BCUT2D eigenvalue weighted by molar-refractivity contribution is 0.187. The maximum Gasteiger partial charge on any atom is 0.191 e. The molecule has 0 radical (unpaired) electrons. The van der Waals surface area contributed by atoms with E-state index in [2.05, 4.69) is 34.0 Å². The summed E-state index contributed by atoms with van der Waals surface area (Å²) in [6.45, 7) is 5.16. The Morgan fingerprint density at radius 2 is 2.00 bits per heavy atom. The van der Waals surface area contributed by atoms with Crippen LogP contribution in [0.3, 0.4) is 0 Å². The summed E-state index contributed by atoms with van der Waals surface area (Å²) in [5.74, 6) is 0.696. The van der Waals surface area contributed by atoms with E-state index in [1.54, 1.807) is 23.5 Å². The molecule has 0 saturated carbocycles. The van der Waals surface area contributed by atoms with E-state index in [0.29, 0.717) is 11.0 Å². The Balaban J connectivity index is 0.00000288. The monoisotopic (exact) mass is 479 g/mol. The highest BCUT2D eigenvalue weighted by molar-refractivity contribution is 14.0. The lowest BCUT2D eigenvalue weighted by Crippen LogP contribution is -2.38. The molecule has 2 unspecified atom stereocenters. The quantitative estimate of drug-likeness (QED) is 0.328. The van der Waals surface area contributed by atoms with Crippen LogP contribution in [0.4, 0.5) is 0 Å². The van der Waals surface area contributed by atoms with Crippen LogP contribution in [0.5, 0.6) is 0 Å². The molecule has 0 amide bonds. The van der Waals surface area contributed by atoms with Gasteiger partial charge in [0.2, 0.25) is 0 Å². The zero-order valence-electron chi connectivity index (χ0n) is 13.7. The molecule has 1 heterocycles. The van der Waals surface area contributed by atoms with E-state index in [1.807, 2.05) is 25.1 Å². The number of nitrogens with one attached hydrogen (secondary N) is 2. The van der Waals surface area contributed by atoms with Gasteiger partial charge in [0.15, 0.2) is 5.96 Å². The van der Waals surface area contributed by atoms with Gasteiger partial charge >= 0.3 is 0 Å². The fourth-order valence-corrected chi connectivity index (χ4v) is 2.96. The molecule has 24 heavy (non-hydrogen) atoms. The van der Waals surface area contributed by atoms with E-state index in [4.69, 9.17) is 11.6 Å². The molecule has 3 N–H and O–H groups in total. The summed E-state index contributed by atoms with van der Waals surface area (Å²) in [5, 5.41) is 19.5. The van der Waals surface area contributed by atoms with Crippen molar-refractivity contribution < 1.29 is 5.11 Å². The molecule has 0 bridgehead atoms. The summed E-state index contributed by atoms with van der Waals surface area (Å²) in [7, 11) is 0. The summed E-state index contributed by atoms with van der Waals surface area (Å²) in [6.07, 6.45) is -0.653. The zero-order chi connectivity index (χ0) is 16.7. The van der Waals surface area contributed by atoms with Gasteiger partial charge in [-0.25, -0.2) is 0 Å². The van der Waals surface area contributed by atoms with Crippen LogP contribution in [0.1, 0.15) is 36.4 Å². The Morgan fingerprint density at radius 3 is 2.58 bits per heavy atom. The molecular formula is C17H23ClIN3OS. The van der Waals surface area contributed by atoms with Crippen molar-refractivity contribution >= 4 is 52.9 Å². The van der Waals surface area contributed by atoms with E-state index in [0.717, 1.165) is 12.1 Å². The van der Waals surface area contributed by atoms with Crippen LogP contribution in [-0.2, 0) is 0 Å². The summed E-state index contributed by atoms with van der Waals surface area (Å²) < 4.78 is 0. The molecule has 0 fully saturated rings. The van der Waals surface area contributed by atoms with Crippen LogP contribution >= 0.6 is 46.9 Å². The van der Waals surface area contributed by atoms with Gasteiger partial charge in [0.1, 0.15) is 0 Å². The summed E-state index contributed by atoms with van der Waals surface area (Å²) in [6, 6.07) is 11.5. The molecule has 7 heteroatoms. The fraction of sp³-hybridized carbons (Fsp3) is 0.353. The highest BCUT2D eigenvalue weighted by atomic mass is 127. The minimum Gasteiger partial charge on any atom is -0.386 e. The first kappa shape index (κ1) is 21.2. The number of rotatable bonds is 6. The Hall–Kier alpha value is -0.830. The number of benzene rings is 1. The van der Waals surface area contributed by atoms with Crippen molar-refractivity contribution in [3.63, 3.8) is 0 Å². The van der Waals surface area contributed by atoms with Crippen molar-refractivity contribution in [3.8, 4) is 0 Å². The van der Waals surface area contributed by atoms with Crippen LogP contribution in [0.2, 0.25) is 5.02 Å². The van der Waals surface area contributed by atoms with Gasteiger partial charge in [0.05, 0.1) is 18.7 Å². The van der Waals surface area contributed by atoms with Gasteiger partial charge in [-0.1, -0.05) is 29.8 Å². The van der Waals surface area contributed by atoms with Gasteiger partial charge in [-0.3, -0.25) is 4.99 Å². The summed E-state index contributed by atoms with van der Waals surface area (Å²) >= 11 is 7.57. The van der Waals surface area contributed by atoms with Gasteiger partial charge in [-0.15, -0.1) is 35.3 Å². The third kappa shape index (κ3) is 6.58. The van der Waals surface area contributed by atoms with E-state index >= 15 is 0 Å². The van der Waals surface area contributed by atoms with Crippen molar-refractivity contribution in [1.29, 1.82) is 0 Å². The molecule has 132 valence electrons. The molecule has 4 nitrogen and oxygen atoms in total. The Morgan fingerprint density at radius 1 is 1.29 bits per heavy atom. The number of halogens is 2. The Kier molecular flexibility index (Phi) is 9.65. The minimum absolute atomic E-state index is 0. The van der Waals surface area contributed by atoms with Crippen molar-refractivity contribution in [2.24, 2.45) is 4.99 Å². The molecule has 2 rings (SSSR count). The maximum atomic E-state index is 10.2. The smallest absolute Gasteiger partial charge is 0.191 e. The molecule has 1 aromatic carbocycles. The Bertz CT molecular complexity index is 619. The number of nitrogens with zero attached hydrogens (tertiary/aromatic N) is 1. The molecule has 2 aromatic rings. The first-order valence-electron chi connectivity index (χ1n) is 7.62. The van der Waals surface area contributed by atoms with Crippen molar-refractivity contribution in [2.75, 3.05) is 13.1 Å². The second-order valence-electron chi connectivity index (χ2n) is 5.17. The predicted molar refractivity (Wildman–Crippen MR) is 114 cm³/mol. The van der Waals surface area contributed by atoms with Gasteiger partial charge in [0.25, 0.3) is 0 Å². The number of aliphatic hydroxyl groups is 1. The first-order chi connectivity index (χ1) is 11.1. The van der Waals surface area contributed by atoms with Gasteiger partial charge in [-0.2, -0.15) is 0 Å². The molecule has 0 aliphatic rings. The number of guanidine groups is 1. The van der Waals surface area contributed by atoms with Crippen LogP contribution in [0.25, 0.3) is 0 Å². The third-order valence-electron chi connectivity index (χ3n) is 3.34. The summed E-state index contributed by atoms with van der Waals surface area (Å²) in [5.41, 5.74) is 0.806. The number of thiophene rings is 1. The molecule has 2 atom stereocenters. The van der Waals surface area contributed by atoms with E-state index in [9.17, 15) is 5.11 Å². The van der Waals surface area contributed by atoms with Crippen LogP contribution in [0.15, 0.2) is 46.8 Å². The second kappa shape index (κ2) is 10.9. The highest BCUT2D eigenvalue weighted by Gasteiger charge is 2.10. The van der Waals surface area contributed by atoms with Crippen molar-refractivity contribution in [2.45, 2.75) is 26.0 Å². The number of hydrogen-bond donors (Lipinski definition) is 3. The molecule has 0 aliphatic heterocycles.